The van der Waals surface area contributed by atoms with E-state index < -0.39 is 6.10 Å². The van der Waals surface area contributed by atoms with E-state index in [-0.39, 0.29) is 18.4 Å². The van der Waals surface area contributed by atoms with Crippen LogP contribution in [-0.4, -0.2) is 31.3 Å². The van der Waals surface area contributed by atoms with Crippen LogP contribution in [0.4, 0.5) is 0 Å². The van der Waals surface area contributed by atoms with E-state index in [0.717, 1.165) is 0 Å². The number of hydrogen-bond acceptors (Lipinski definition) is 4. The number of carbonyl (C=O) groups excluding carboxylic acids is 1. The van der Waals surface area contributed by atoms with Crippen LogP contribution in [0.25, 0.3) is 0 Å². The minimum atomic E-state index is -0.742. The summed E-state index contributed by atoms with van der Waals surface area (Å²) in [6.07, 6.45) is -0.121. The topological polar surface area (TPSA) is 67.8 Å². The quantitative estimate of drug-likeness (QED) is 0.802. The predicted octanol–water partition coefficient (Wildman–Crippen LogP) is 2.04. The van der Waals surface area contributed by atoms with Crippen molar-refractivity contribution in [3.63, 3.8) is 0 Å². The van der Waals surface area contributed by atoms with Gasteiger partial charge in [0.25, 0.3) is 0 Å². The van der Waals surface area contributed by atoms with E-state index in [4.69, 9.17) is 9.47 Å². The van der Waals surface area contributed by atoms with E-state index >= 15 is 0 Å². The lowest BCUT2D eigenvalue weighted by molar-refractivity contribution is -0.122. The Labute approximate surface area is 119 Å². The predicted molar refractivity (Wildman–Crippen MR) is 77.0 cm³/mol. The summed E-state index contributed by atoms with van der Waals surface area (Å²) >= 11 is 0. The Morgan fingerprint density at radius 3 is 2.55 bits per heavy atom. The molecular formula is C15H23NO4. The smallest absolute Gasteiger partial charge is 0.220 e. The molecular weight excluding hydrogens is 258 g/mol. The number of aliphatic hydroxyl groups excluding tert-OH is 1. The lowest BCUT2D eigenvalue weighted by Crippen LogP contribution is -2.30. The number of amides is 1. The second kappa shape index (κ2) is 7.75. The molecule has 0 saturated heterocycles. The number of methoxy groups -OCH3 is 2. The van der Waals surface area contributed by atoms with Crippen molar-refractivity contribution in [1.29, 1.82) is 0 Å². The van der Waals surface area contributed by atoms with Crippen LogP contribution in [0.3, 0.4) is 0 Å². The van der Waals surface area contributed by atoms with Crippen molar-refractivity contribution >= 4 is 5.91 Å². The highest BCUT2D eigenvalue weighted by atomic mass is 16.5. The number of nitrogens with one attached hydrogen (secondary N) is 1. The molecule has 1 rings (SSSR count). The van der Waals surface area contributed by atoms with Crippen LogP contribution in [0.2, 0.25) is 0 Å². The number of carbonyl (C=O) groups is 1. The zero-order chi connectivity index (χ0) is 15.1. The summed E-state index contributed by atoms with van der Waals surface area (Å²) in [6, 6.07) is 5.33. The van der Waals surface area contributed by atoms with Crippen LogP contribution < -0.4 is 14.8 Å². The van der Waals surface area contributed by atoms with E-state index in [1.807, 2.05) is 13.8 Å². The molecule has 0 heterocycles. The van der Waals surface area contributed by atoms with E-state index in [9.17, 15) is 9.90 Å². The highest BCUT2D eigenvalue weighted by Crippen LogP contribution is 2.31. The van der Waals surface area contributed by atoms with E-state index in [2.05, 4.69) is 5.32 Å². The molecule has 20 heavy (non-hydrogen) atoms. The van der Waals surface area contributed by atoms with Gasteiger partial charge in [-0.05, 0) is 32.4 Å². The molecule has 0 fully saturated rings. The molecule has 5 nitrogen and oxygen atoms in total. The van der Waals surface area contributed by atoms with Crippen molar-refractivity contribution in [3.05, 3.63) is 23.8 Å². The van der Waals surface area contributed by atoms with Crippen molar-refractivity contribution in [3.8, 4) is 11.5 Å². The summed E-state index contributed by atoms with van der Waals surface area (Å²) in [5.74, 6) is 1.16. The maximum atomic E-state index is 11.6. The molecule has 0 radical (unpaired) electrons. The summed E-state index contributed by atoms with van der Waals surface area (Å²) in [5, 5.41) is 13.0. The van der Waals surface area contributed by atoms with Crippen LogP contribution >= 0.6 is 0 Å². The van der Waals surface area contributed by atoms with Crippen LogP contribution in [0.1, 0.15) is 38.4 Å². The Morgan fingerprint density at radius 1 is 1.30 bits per heavy atom. The first-order valence-electron chi connectivity index (χ1n) is 6.67. The third-order valence-corrected chi connectivity index (χ3v) is 2.89. The number of benzene rings is 1. The highest BCUT2D eigenvalue weighted by Gasteiger charge is 2.16. The zero-order valence-corrected chi connectivity index (χ0v) is 12.5. The second-order valence-electron chi connectivity index (χ2n) is 4.88. The van der Waals surface area contributed by atoms with Gasteiger partial charge in [0.2, 0.25) is 5.91 Å². The van der Waals surface area contributed by atoms with Gasteiger partial charge >= 0.3 is 0 Å². The second-order valence-corrected chi connectivity index (χ2v) is 4.88. The fraction of sp³-hybridized carbons (Fsp3) is 0.533. The molecule has 0 aliphatic carbocycles. The molecule has 1 atom stereocenters. The maximum absolute atomic E-state index is 11.6. The number of ether oxygens (including phenoxy) is 2. The molecule has 1 aromatic carbocycles. The molecule has 0 saturated carbocycles. The molecule has 2 N–H and O–H groups in total. The number of hydrogen-bond donors (Lipinski definition) is 2. The molecule has 0 aliphatic rings. The van der Waals surface area contributed by atoms with E-state index in [0.29, 0.717) is 23.5 Å². The highest BCUT2D eigenvalue weighted by molar-refractivity contribution is 5.76. The Morgan fingerprint density at radius 2 is 2.00 bits per heavy atom. The van der Waals surface area contributed by atoms with Crippen molar-refractivity contribution < 1.29 is 19.4 Å². The fourth-order valence-electron chi connectivity index (χ4n) is 1.91. The molecule has 1 aromatic rings. The van der Waals surface area contributed by atoms with E-state index in [1.54, 1.807) is 25.3 Å². The molecule has 0 spiro atoms. The Hall–Kier alpha value is -1.75. The van der Waals surface area contributed by atoms with Gasteiger partial charge in [-0.2, -0.15) is 0 Å². The molecule has 0 aliphatic heterocycles. The van der Waals surface area contributed by atoms with Crippen LogP contribution in [0, 0.1) is 0 Å². The van der Waals surface area contributed by atoms with Gasteiger partial charge in [-0.15, -0.1) is 0 Å². The average molecular weight is 281 g/mol. The fourth-order valence-corrected chi connectivity index (χ4v) is 1.91. The third kappa shape index (κ3) is 4.74. The van der Waals surface area contributed by atoms with Gasteiger partial charge in [0.15, 0.2) is 0 Å². The maximum Gasteiger partial charge on any atom is 0.220 e. The number of rotatable bonds is 7. The van der Waals surface area contributed by atoms with Crippen LogP contribution in [-0.2, 0) is 4.79 Å². The lowest BCUT2D eigenvalue weighted by atomic mass is 10.0. The Kier molecular flexibility index (Phi) is 6.31. The van der Waals surface area contributed by atoms with Crippen molar-refractivity contribution in [2.24, 2.45) is 0 Å². The van der Waals surface area contributed by atoms with E-state index in [1.165, 1.54) is 7.11 Å². The molecule has 5 heteroatoms. The van der Waals surface area contributed by atoms with Gasteiger partial charge in [-0.25, -0.2) is 0 Å². The SMILES string of the molecule is COc1ccc(C(O)CCC(=O)NC(C)C)c(OC)c1. The summed E-state index contributed by atoms with van der Waals surface area (Å²) in [5.41, 5.74) is 0.658. The average Bonchev–Trinajstić information content (AvgIpc) is 2.43. The summed E-state index contributed by atoms with van der Waals surface area (Å²) in [6.45, 7) is 3.81. The first-order chi connectivity index (χ1) is 9.47. The standard InChI is InChI=1S/C15H23NO4/c1-10(2)16-15(18)8-7-13(17)12-6-5-11(19-3)9-14(12)20-4/h5-6,9-10,13,17H,7-8H2,1-4H3,(H,16,18). The van der Waals surface area contributed by atoms with Gasteiger partial charge in [-0.1, -0.05) is 0 Å². The normalized spacial score (nSPS) is 12.1. The zero-order valence-electron chi connectivity index (χ0n) is 12.5. The molecule has 0 bridgehead atoms. The van der Waals surface area contributed by atoms with Gasteiger partial charge in [0, 0.05) is 24.1 Å². The molecule has 0 aromatic heterocycles. The largest absolute Gasteiger partial charge is 0.497 e. The van der Waals surface area contributed by atoms with Gasteiger partial charge in [0.05, 0.1) is 20.3 Å². The van der Waals surface area contributed by atoms with Crippen LogP contribution in [0.5, 0.6) is 11.5 Å². The van der Waals surface area contributed by atoms with Crippen molar-refractivity contribution in [1.82, 2.24) is 5.32 Å². The Balaban J connectivity index is 2.67. The van der Waals surface area contributed by atoms with Crippen molar-refractivity contribution in [2.75, 3.05) is 14.2 Å². The minimum Gasteiger partial charge on any atom is -0.497 e. The van der Waals surface area contributed by atoms with Gasteiger partial charge < -0.3 is 19.9 Å². The monoisotopic (exact) mass is 281 g/mol. The summed E-state index contributed by atoms with van der Waals surface area (Å²) in [4.78, 5) is 11.6. The first-order valence-corrected chi connectivity index (χ1v) is 6.67. The molecule has 1 amide bonds. The summed E-state index contributed by atoms with van der Waals surface area (Å²) in [7, 11) is 3.11. The Bertz CT molecular complexity index is 445. The van der Waals surface area contributed by atoms with Gasteiger partial charge in [-0.3, -0.25) is 4.79 Å². The lowest BCUT2D eigenvalue weighted by Gasteiger charge is -2.16. The third-order valence-electron chi connectivity index (χ3n) is 2.89. The van der Waals surface area contributed by atoms with Gasteiger partial charge in [0.1, 0.15) is 11.5 Å². The number of aliphatic hydroxyl groups is 1. The molecule has 1 unspecified atom stereocenters. The summed E-state index contributed by atoms with van der Waals surface area (Å²) < 4.78 is 10.3. The molecule has 112 valence electrons. The van der Waals surface area contributed by atoms with Crippen molar-refractivity contribution in [2.45, 2.75) is 38.8 Å². The van der Waals surface area contributed by atoms with Crippen LogP contribution in [0.15, 0.2) is 18.2 Å². The first kappa shape index (κ1) is 16.3. The minimum absolute atomic E-state index is 0.0634.